The number of amides is 1. The van der Waals surface area contributed by atoms with Crippen molar-refractivity contribution in [3.05, 3.63) is 104 Å². The van der Waals surface area contributed by atoms with Crippen LogP contribution in [0.1, 0.15) is 43.6 Å². The van der Waals surface area contributed by atoms with Crippen molar-refractivity contribution in [1.29, 1.82) is 0 Å². The predicted octanol–water partition coefficient (Wildman–Crippen LogP) is 5.97. The van der Waals surface area contributed by atoms with Gasteiger partial charge >= 0.3 is 0 Å². The lowest BCUT2D eigenvalue weighted by atomic mass is 10.0. The number of para-hydroxylation sites is 1. The van der Waals surface area contributed by atoms with Crippen LogP contribution in [0.15, 0.2) is 71.5 Å². The molecule has 2 heterocycles. The van der Waals surface area contributed by atoms with E-state index in [0.29, 0.717) is 64.6 Å². The number of halogens is 3. The number of likely N-dealkylation sites (N-methyl/N-ethyl adjacent to an activating group) is 1. The summed E-state index contributed by atoms with van der Waals surface area (Å²) >= 11 is 12.5. The molecular weight excluding hydrogens is 638 g/mol. The number of fused-ring (bicyclic) bond motifs is 1. The van der Waals surface area contributed by atoms with E-state index in [1.807, 2.05) is 36.0 Å². The molecule has 1 atom stereocenters. The highest BCUT2D eigenvalue weighted by Gasteiger charge is 2.31. The van der Waals surface area contributed by atoms with Crippen LogP contribution in [0.2, 0.25) is 10.0 Å². The number of carbonyl (C=O) groups excluding carboxylic acids is 1. The van der Waals surface area contributed by atoms with Gasteiger partial charge in [0, 0.05) is 19.1 Å². The van der Waals surface area contributed by atoms with E-state index in [-0.39, 0.29) is 17.9 Å². The van der Waals surface area contributed by atoms with Crippen LogP contribution in [-0.4, -0.2) is 89.6 Å². The van der Waals surface area contributed by atoms with Gasteiger partial charge < -0.3 is 20.0 Å². The van der Waals surface area contributed by atoms with Gasteiger partial charge in [-0.1, -0.05) is 48.3 Å². The average Bonchev–Trinajstić information content (AvgIpc) is 3.06. The van der Waals surface area contributed by atoms with Crippen LogP contribution in [0, 0.1) is 5.82 Å². The number of likely N-dealkylation sites (tertiary alicyclic amines) is 1. The fourth-order valence-electron chi connectivity index (χ4n) is 6.20. The molecule has 1 aliphatic heterocycles. The second-order valence-corrected chi connectivity index (χ2v) is 13.2. The number of carbonyl (C=O) groups is 1. The summed E-state index contributed by atoms with van der Waals surface area (Å²) < 4.78 is 15.6. The molecule has 0 spiro atoms. The van der Waals surface area contributed by atoms with E-state index in [9.17, 15) is 14.0 Å². The third-order valence-corrected chi connectivity index (χ3v) is 9.63. The topological polar surface area (TPSA) is 73.7 Å². The number of benzene rings is 3. The molecule has 250 valence electrons. The Kier molecular flexibility index (Phi) is 12.0. The minimum atomic E-state index is -0.573. The second-order valence-electron chi connectivity index (χ2n) is 12.4. The van der Waals surface area contributed by atoms with Gasteiger partial charge in [0.05, 0.1) is 39.1 Å². The number of piperidine rings is 1. The van der Waals surface area contributed by atoms with Crippen LogP contribution in [0.4, 0.5) is 4.39 Å². The molecule has 1 aromatic heterocycles. The third-order valence-electron chi connectivity index (χ3n) is 8.89. The number of hydrogen-bond acceptors (Lipinski definition) is 6. The summed E-state index contributed by atoms with van der Waals surface area (Å²) in [7, 11) is 3.92. The van der Waals surface area contributed by atoms with E-state index in [2.05, 4.69) is 17.1 Å². The van der Waals surface area contributed by atoms with E-state index < -0.39 is 11.9 Å². The van der Waals surface area contributed by atoms with Crippen LogP contribution in [0.5, 0.6) is 0 Å². The van der Waals surface area contributed by atoms with Crippen molar-refractivity contribution in [2.45, 2.75) is 44.7 Å². The normalized spacial score (nSPS) is 15.0. The van der Waals surface area contributed by atoms with Gasteiger partial charge in [-0.2, -0.15) is 0 Å². The first kappa shape index (κ1) is 35.0. The SMILES string of the molecule is CCN1CCC(NCCC(c2nc3ccccc3c(=O)n2-c2ccc(F)cc2)N(CCN(C)C)C(=O)Cc2ccc(Cl)c(Cl)c2)CC1. The van der Waals surface area contributed by atoms with Crippen molar-refractivity contribution in [3.63, 3.8) is 0 Å². The maximum atomic E-state index is 14.4. The molecule has 1 fully saturated rings. The van der Waals surface area contributed by atoms with Gasteiger partial charge in [-0.3, -0.25) is 14.2 Å². The van der Waals surface area contributed by atoms with Crippen LogP contribution >= 0.6 is 23.2 Å². The first-order valence-electron chi connectivity index (χ1n) is 16.3. The van der Waals surface area contributed by atoms with E-state index >= 15 is 0 Å². The molecule has 1 N–H and O–H groups in total. The predicted molar refractivity (Wildman–Crippen MR) is 188 cm³/mol. The number of aromatic nitrogens is 2. The van der Waals surface area contributed by atoms with Crippen molar-refractivity contribution >= 4 is 40.0 Å². The zero-order valence-corrected chi connectivity index (χ0v) is 28.8. The Labute approximate surface area is 286 Å². The van der Waals surface area contributed by atoms with Crippen LogP contribution in [0.25, 0.3) is 16.6 Å². The summed E-state index contributed by atoms with van der Waals surface area (Å²) in [5, 5.41) is 4.98. The van der Waals surface area contributed by atoms with Crippen LogP contribution in [-0.2, 0) is 11.2 Å². The Morgan fingerprint density at radius 2 is 1.74 bits per heavy atom. The number of rotatable bonds is 13. The summed E-state index contributed by atoms with van der Waals surface area (Å²) in [6.07, 6.45) is 2.71. The molecule has 47 heavy (non-hydrogen) atoms. The van der Waals surface area contributed by atoms with Crippen molar-refractivity contribution in [2.24, 2.45) is 0 Å². The highest BCUT2D eigenvalue weighted by molar-refractivity contribution is 6.42. The van der Waals surface area contributed by atoms with Gasteiger partial charge in [0.15, 0.2) is 0 Å². The molecular formula is C36H43Cl2FN6O2. The second kappa shape index (κ2) is 16.2. The highest BCUT2D eigenvalue weighted by atomic mass is 35.5. The molecule has 11 heteroatoms. The molecule has 3 aromatic carbocycles. The van der Waals surface area contributed by atoms with E-state index in [1.54, 1.807) is 47.0 Å². The Bertz CT molecular complexity index is 1720. The Hall–Kier alpha value is -3.34. The summed E-state index contributed by atoms with van der Waals surface area (Å²) in [6.45, 7) is 6.94. The Balaban J connectivity index is 1.59. The molecule has 8 nitrogen and oxygen atoms in total. The number of hydrogen-bond donors (Lipinski definition) is 1. The molecule has 4 aromatic rings. The lowest BCUT2D eigenvalue weighted by Crippen LogP contribution is -2.45. The van der Waals surface area contributed by atoms with Gasteiger partial charge in [0.25, 0.3) is 5.56 Å². The first-order chi connectivity index (χ1) is 22.6. The molecule has 0 aliphatic carbocycles. The third kappa shape index (κ3) is 8.77. The van der Waals surface area contributed by atoms with Gasteiger partial charge in [0.1, 0.15) is 11.6 Å². The summed E-state index contributed by atoms with van der Waals surface area (Å²) in [6, 6.07) is 18.0. The molecule has 5 rings (SSSR count). The molecule has 1 unspecified atom stereocenters. The highest BCUT2D eigenvalue weighted by Crippen LogP contribution is 2.29. The van der Waals surface area contributed by atoms with Crippen LogP contribution in [0.3, 0.4) is 0 Å². The van der Waals surface area contributed by atoms with Crippen molar-refractivity contribution in [1.82, 2.24) is 29.6 Å². The molecule has 0 radical (unpaired) electrons. The minimum Gasteiger partial charge on any atom is -0.331 e. The largest absolute Gasteiger partial charge is 0.331 e. The molecule has 1 amide bonds. The van der Waals surface area contributed by atoms with Gasteiger partial charge in [0.2, 0.25) is 5.91 Å². The standard InChI is InChI=1S/C36H43Cl2FN6O2/c1-4-43-19-16-27(17-20-43)40-18-15-33(44(22-21-42(2)3)34(46)24-25-9-14-30(37)31(38)23-25)35-41-32-8-6-5-7-29(32)36(47)45(35)28-12-10-26(39)11-13-28/h5-14,23,27,33,40H,4,15-22,24H2,1-3H3. The number of nitrogens with one attached hydrogen (secondary N) is 1. The average molecular weight is 682 g/mol. The molecule has 1 aliphatic rings. The summed E-state index contributed by atoms with van der Waals surface area (Å²) in [5.74, 6) is -0.0971. The van der Waals surface area contributed by atoms with Crippen molar-refractivity contribution in [3.8, 4) is 5.69 Å². The maximum absolute atomic E-state index is 14.4. The zero-order chi connectivity index (χ0) is 33.5. The lowest BCUT2D eigenvalue weighted by molar-refractivity contribution is -0.133. The molecule has 0 saturated carbocycles. The van der Waals surface area contributed by atoms with Crippen molar-refractivity contribution < 1.29 is 9.18 Å². The zero-order valence-electron chi connectivity index (χ0n) is 27.3. The van der Waals surface area contributed by atoms with Crippen molar-refractivity contribution in [2.75, 3.05) is 53.4 Å². The van der Waals surface area contributed by atoms with E-state index in [0.717, 1.165) is 38.0 Å². The fraction of sp³-hybridized carbons (Fsp3) is 0.417. The van der Waals surface area contributed by atoms with Gasteiger partial charge in [-0.25, -0.2) is 9.37 Å². The summed E-state index contributed by atoms with van der Waals surface area (Å²) in [4.78, 5) is 39.9. The molecule has 1 saturated heterocycles. The minimum absolute atomic E-state index is 0.0953. The monoisotopic (exact) mass is 680 g/mol. The van der Waals surface area contributed by atoms with Gasteiger partial charge in [-0.15, -0.1) is 0 Å². The quantitative estimate of drug-likeness (QED) is 0.188. The number of nitrogens with zero attached hydrogens (tertiary/aromatic N) is 5. The first-order valence-corrected chi connectivity index (χ1v) is 17.0. The summed E-state index contributed by atoms with van der Waals surface area (Å²) in [5.41, 5.74) is 1.49. The van der Waals surface area contributed by atoms with E-state index in [1.165, 1.54) is 12.1 Å². The fourth-order valence-corrected chi connectivity index (χ4v) is 6.52. The molecule has 0 bridgehead atoms. The Morgan fingerprint density at radius 1 is 1.02 bits per heavy atom. The van der Waals surface area contributed by atoms with E-state index in [4.69, 9.17) is 28.2 Å². The van der Waals surface area contributed by atoms with Crippen LogP contribution < -0.4 is 10.9 Å². The smallest absolute Gasteiger partial charge is 0.266 e. The Morgan fingerprint density at radius 3 is 2.43 bits per heavy atom. The lowest BCUT2D eigenvalue weighted by Gasteiger charge is -2.35. The van der Waals surface area contributed by atoms with Gasteiger partial charge in [-0.05, 0) is 114 Å². The maximum Gasteiger partial charge on any atom is 0.266 e.